The summed E-state index contributed by atoms with van der Waals surface area (Å²) >= 11 is 0. The molecule has 0 spiro atoms. The van der Waals surface area contributed by atoms with E-state index in [1.54, 1.807) is 0 Å². The summed E-state index contributed by atoms with van der Waals surface area (Å²) in [6.45, 7) is 0. The summed E-state index contributed by atoms with van der Waals surface area (Å²) in [4.78, 5) is 0. The molecule has 0 bridgehead atoms. The summed E-state index contributed by atoms with van der Waals surface area (Å²) in [5.74, 6) is 0. The molecule has 0 aliphatic rings. The van der Waals surface area contributed by atoms with Gasteiger partial charge in [0.1, 0.15) is 0 Å². The van der Waals surface area contributed by atoms with E-state index in [0.29, 0.717) is 0 Å². The molecule has 0 heterocycles. The van der Waals surface area contributed by atoms with Crippen molar-refractivity contribution in [2.24, 2.45) is 0 Å². The average Bonchev–Trinajstić information content (AvgIpc) is 0. The molecular weight excluding hydrogens is 258 g/mol. The fourth-order valence-electron chi connectivity index (χ4n) is 0. The fraction of sp³-hybridized carbons (Fsp3) is 0. The molecule has 0 atom stereocenters. The van der Waals surface area contributed by atoms with Gasteiger partial charge in [0.05, 0.1) is 0 Å². The minimum Gasteiger partial charge on any atom is -2.00 e. The van der Waals surface area contributed by atoms with Crippen molar-refractivity contribution in [1.82, 2.24) is 0 Å². The van der Waals surface area contributed by atoms with Crippen molar-refractivity contribution in [1.29, 1.82) is 0 Å². The van der Waals surface area contributed by atoms with Crippen LogP contribution in [0, 0.1) is 0 Å². The third-order valence-electron chi connectivity index (χ3n) is 0. The molecule has 5 heteroatoms. The molecule has 0 aliphatic heterocycles. The van der Waals surface area contributed by atoms with E-state index in [4.69, 9.17) is 0 Å². The molecule has 0 radical (unpaired) electrons. The van der Waals surface area contributed by atoms with Crippen molar-refractivity contribution >= 4 is 0 Å². The monoisotopic (exact) mass is 258 g/mol. The van der Waals surface area contributed by atoms with Crippen LogP contribution in [0.3, 0.4) is 0 Å². The van der Waals surface area contributed by atoms with Crippen molar-refractivity contribution in [2.75, 3.05) is 0 Å². The minimum absolute atomic E-state index is 0. The minimum atomic E-state index is 0. The van der Waals surface area contributed by atoms with E-state index < -0.39 is 0 Å². The van der Waals surface area contributed by atoms with Gasteiger partial charge in [0.25, 0.3) is 0 Å². The number of rotatable bonds is 0. The van der Waals surface area contributed by atoms with Crippen LogP contribution < -0.4 is 0 Å². The first-order valence-corrected chi connectivity index (χ1v) is 0. The first kappa shape index (κ1) is 57.7. The molecule has 2 nitrogen and oxygen atoms in total. The van der Waals surface area contributed by atoms with E-state index in [-0.39, 0.29) is 79.4 Å². The van der Waals surface area contributed by atoms with Crippen LogP contribution in [-0.2, 0) is 79.4 Å². The molecule has 0 amide bonds. The van der Waals surface area contributed by atoms with E-state index in [9.17, 15) is 0 Å². The molecule has 0 saturated heterocycles. The van der Waals surface area contributed by atoms with Crippen LogP contribution in [0.2, 0.25) is 0 Å². The standard InChI is InChI=1S/Cd.2O.Ti.Zn/q+2;2*-2;+4;+2. The average molecular weight is 258 g/mol. The van der Waals surface area contributed by atoms with Crippen LogP contribution in [-0.4, -0.2) is 0 Å². The maximum absolute atomic E-state index is 0. The van der Waals surface area contributed by atoms with Crippen molar-refractivity contribution in [3.05, 3.63) is 0 Å². The number of hydrogen-bond donors (Lipinski definition) is 0. The van der Waals surface area contributed by atoms with Crippen molar-refractivity contribution in [2.45, 2.75) is 0 Å². The van der Waals surface area contributed by atoms with Gasteiger partial charge in [-0.3, -0.25) is 0 Å². The van der Waals surface area contributed by atoms with Gasteiger partial charge in [-0.1, -0.05) is 0 Å². The molecule has 0 N–H and O–H groups in total. The molecule has 0 aromatic carbocycles. The third-order valence-corrected chi connectivity index (χ3v) is 0. The van der Waals surface area contributed by atoms with Crippen LogP contribution in [0.25, 0.3) is 0 Å². The van der Waals surface area contributed by atoms with E-state index in [1.165, 1.54) is 0 Å². The van der Waals surface area contributed by atoms with E-state index in [1.807, 2.05) is 0 Å². The van der Waals surface area contributed by atoms with Gasteiger partial charge >= 0.3 is 68.5 Å². The Labute approximate surface area is 78.5 Å². The van der Waals surface area contributed by atoms with Crippen LogP contribution in [0.1, 0.15) is 0 Å². The van der Waals surface area contributed by atoms with Gasteiger partial charge in [0, 0.05) is 0 Å². The van der Waals surface area contributed by atoms with Crippen molar-refractivity contribution < 1.29 is 79.4 Å². The quantitative estimate of drug-likeness (QED) is 0.538. The second kappa shape index (κ2) is 34.9. The third kappa shape index (κ3) is 22.7. The Bertz CT molecular complexity index is 9.61. The van der Waals surface area contributed by atoms with Gasteiger partial charge < -0.3 is 11.0 Å². The van der Waals surface area contributed by atoms with E-state index in [2.05, 4.69) is 0 Å². The van der Waals surface area contributed by atoms with E-state index >= 15 is 0 Å². The van der Waals surface area contributed by atoms with Gasteiger partial charge in [-0.25, -0.2) is 0 Å². The zero-order valence-corrected chi connectivity index (χ0v) is 11.3. The SMILES string of the molecule is [Cd+2].[O-2].[O-2].[Ti+4].[Zn+2]. The zero-order valence-electron chi connectivity index (χ0n) is 2.73. The Morgan fingerprint density at radius 1 is 0.800 bits per heavy atom. The molecular formula is CdO2TiZn+4. The van der Waals surface area contributed by atoms with Gasteiger partial charge in [0.2, 0.25) is 0 Å². The molecule has 0 aromatic heterocycles. The maximum atomic E-state index is 0. The summed E-state index contributed by atoms with van der Waals surface area (Å²) < 4.78 is 0. The summed E-state index contributed by atoms with van der Waals surface area (Å²) in [5.41, 5.74) is 0. The van der Waals surface area contributed by atoms with Crippen molar-refractivity contribution in [3.63, 3.8) is 0 Å². The Morgan fingerprint density at radius 2 is 0.800 bits per heavy atom. The van der Waals surface area contributed by atoms with E-state index in [0.717, 1.165) is 0 Å². The second-order valence-electron chi connectivity index (χ2n) is 0. The van der Waals surface area contributed by atoms with Gasteiger partial charge in [-0.2, -0.15) is 0 Å². The molecule has 5 heavy (non-hydrogen) atoms. The second-order valence-corrected chi connectivity index (χ2v) is 0. The maximum Gasteiger partial charge on any atom is 4.00 e. The Hall–Kier alpha value is 2.18. The summed E-state index contributed by atoms with van der Waals surface area (Å²) in [6, 6.07) is 0. The van der Waals surface area contributed by atoms with Crippen LogP contribution in [0.15, 0.2) is 0 Å². The van der Waals surface area contributed by atoms with Crippen molar-refractivity contribution in [3.8, 4) is 0 Å². The van der Waals surface area contributed by atoms with Gasteiger partial charge in [-0.05, 0) is 0 Å². The molecule has 0 rings (SSSR count). The van der Waals surface area contributed by atoms with Crippen LogP contribution in [0.4, 0.5) is 0 Å². The molecule has 0 aliphatic carbocycles. The van der Waals surface area contributed by atoms with Gasteiger partial charge in [-0.15, -0.1) is 0 Å². The van der Waals surface area contributed by atoms with Crippen LogP contribution >= 0.6 is 0 Å². The summed E-state index contributed by atoms with van der Waals surface area (Å²) in [5, 5.41) is 0. The Morgan fingerprint density at radius 3 is 0.800 bits per heavy atom. The van der Waals surface area contributed by atoms with Gasteiger partial charge in [0.15, 0.2) is 0 Å². The largest absolute Gasteiger partial charge is 4.00 e. The normalized spacial score (nSPS) is 0. The first-order valence-electron chi connectivity index (χ1n) is 0. The summed E-state index contributed by atoms with van der Waals surface area (Å²) in [6.07, 6.45) is 0. The summed E-state index contributed by atoms with van der Waals surface area (Å²) in [7, 11) is 0. The fourth-order valence-corrected chi connectivity index (χ4v) is 0. The Balaban J connectivity index is 0. The zero-order chi connectivity index (χ0) is 0. The first-order chi connectivity index (χ1) is 0. The molecule has 0 fully saturated rings. The smallest absolute Gasteiger partial charge is 2.00 e. The molecule has 0 aromatic rings. The predicted molar refractivity (Wildman–Crippen MR) is 1.37 cm³/mol. The number of hydrogen-bond acceptors (Lipinski definition) is 0. The Kier molecular flexibility index (Phi) is 403. The molecule has 0 saturated carbocycles. The predicted octanol–water partition coefficient (Wildman–Crippen LogP) is -0.245. The van der Waals surface area contributed by atoms with Crippen LogP contribution in [0.5, 0.6) is 0 Å². The molecule has 16 valence electrons. The molecule has 0 unspecified atom stereocenters. The topological polar surface area (TPSA) is 57.0 Å².